The number of methoxy groups -OCH3 is 1. The Morgan fingerprint density at radius 3 is 2.72 bits per heavy atom. The fraction of sp³-hybridized carbons (Fsp3) is 0.682. The van der Waals surface area contributed by atoms with Gasteiger partial charge in [-0.15, -0.1) is 0 Å². The first-order chi connectivity index (χ1) is 11.9. The summed E-state index contributed by atoms with van der Waals surface area (Å²) in [6, 6.07) is 0. The zero-order valence-electron chi connectivity index (χ0n) is 16.4. The average molecular weight is 344 g/mol. The molecular weight excluding hydrogens is 312 g/mol. The highest BCUT2D eigenvalue weighted by molar-refractivity contribution is 5.97. The van der Waals surface area contributed by atoms with Gasteiger partial charge < -0.3 is 9.47 Å². The molecule has 4 unspecified atom stereocenters. The van der Waals surface area contributed by atoms with Crippen molar-refractivity contribution in [2.75, 3.05) is 7.11 Å². The monoisotopic (exact) mass is 344 g/mol. The largest absolute Gasteiger partial charge is 0.488 e. The molecule has 3 nitrogen and oxygen atoms in total. The van der Waals surface area contributed by atoms with E-state index in [0.29, 0.717) is 18.3 Å². The summed E-state index contributed by atoms with van der Waals surface area (Å²) in [5.74, 6) is 2.01. The number of rotatable bonds is 4. The second kappa shape index (κ2) is 7.11. The summed E-state index contributed by atoms with van der Waals surface area (Å²) in [4.78, 5) is 12.5. The Morgan fingerprint density at radius 1 is 1.28 bits per heavy atom. The fourth-order valence-electron chi connectivity index (χ4n) is 4.83. The predicted octanol–water partition coefficient (Wildman–Crippen LogP) is 5.13. The Labute approximate surface area is 152 Å². The molecule has 138 valence electrons. The number of hydrogen-bond acceptors (Lipinski definition) is 3. The van der Waals surface area contributed by atoms with E-state index in [1.165, 1.54) is 11.1 Å². The molecule has 0 bridgehead atoms. The molecule has 0 saturated heterocycles. The third kappa shape index (κ3) is 3.48. The van der Waals surface area contributed by atoms with Crippen LogP contribution in [0, 0.1) is 11.8 Å². The summed E-state index contributed by atoms with van der Waals surface area (Å²) in [5.41, 5.74) is 3.55. The first kappa shape index (κ1) is 18.4. The van der Waals surface area contributed by atoms with Gasteiger partial charge >= 0.3 is 0 Å². The standard InChI is InChI=1S/C22H32O3/c1-14(2)7-6-8-15(3)16-11-12-22(4)18(16)13-17-19(23)9-10-20(24-5)21(17)25-22/h7-8,16,18,20H,6,9-13H2,1-5H3. The summed E-state index contributed by atoms with van der Waals surface area (Å²) in [6.45, 7) is 8.76. The molecular formula is C22H32O3. The summed E-state index contributed by atoms with van der Waals surface area (Å²) in [5, 5.41) is 0. The number of carbonyl (C=O) groups is 1. The third-order valence-corrected chi connectivity index (χ3v) is 6.38. The molecule has 3 rings (SSSR count). The topological polar surface area (TPSA) is 35.5 Å². The first-order valence-corrected chi connectivity index (χ1v) is 9.63. The lowest BCUT2D eigenvalue weighted by Gasteiger charge is -2.44. The lowest BCUT2D eigenvalue weighted by molar-refractivity contribution is -0.123. The Kier molecular flexibility index (Phi) is 5.24. The molecule has 0 aromatic carbocycles. The van der Waals surface area contributed by atoms with Crippen molar-refractivity contribution in [1.82, 2.24) is 0 Å². The van der Waals surface area contributed by atoms with Gasteiger partial charge in [0.15, 0.2) is 5.78 Å². The van der Waals surface area contributed by atoms with Crippen LogP contribution in [0.3, 0.4) is 0 Å². The average Bonchev–Trinajstić information content (AvgIpc) is 2.90. The number of ketones is 1. The summed E-state index contributed by atoms with van der Waals surface area (Å²) in [6.07, 6.45) is 9.96. The summed E-state index contributed by atoms with van der Waals surface area (Å²) < 4.78 is 12.1. The second-order valence-corrected chi connectivity index (χ2v) is 8.36. The normalized spacial score (nSPS) is 35.2. The van der Waals surface area contributed by atoms with E-state index >= 15 is 0 Å². The maximum Gasteiger partial charge on any atom is 0.162 e. The highest BCUT2D eigenvalue weighted by Gasteiger charge is 2.53. The van der Waals surface area contributed by atoms with Crippen LogP contribution < -0.4 is 0 Å². The van der Waals surface area contributed by atoms with Gasteiger partial charge in [0.25, 0.3) is 0 Å². The number of carbonyl (C=O) groups excluding carboxylic acids is 1. The number of allylic oxidation sites excluding steroid dienone is 5. The third-order valence-electron chi connectivity index (χ3n) is 6.38. The van der Waals surface area contributed by atoms with E-state index in [2.05, 4.69) is 39.8 Å². The molecule has 25 heavy (non-hydrogen) atoms. The van der Waals surface area contributed by atoms with Crippen molar-refractivity contribution in [3.05, 3.63) is 34.6 Å². The second-order valence-electron chi connectivity index (χ2n) is 8.36. The number of ether oxygens (including phenoxy) is 2. The predicted molar refractivity (Wildman–Crippen MR) is 100 cm³/mol. The number of fused-ring (bicyclic) bond motifs is 1. The molecule has 0 aromatic heterocycles. The summed E-state index contributed by atoms with van der Waals surface area (Å²) in [7, 11) is 1.72. The SMILES string of the molecule is COC1CCC(=O)C2=C1OC1(C)CCC(C(C)=CCC=C(C)C)C1C2. The van der Waals surface area contributed by atoms with Crippen LogP contribution in [-0.2, 0) is 14.3 Å². The van der Waals surface area contributed by atoms with Crippen molar-refractivity contribution < 1.29 is 14.3 Å². The number of Topliss-reactive ketones (excluding diaryl/α,β-unsaturated/α-hetero) is 1. The van der Waals surface area contributed by atoms with Gasteiger partial charge in [0.05, 0.1) is 0 Å². The lowest BCUT2D eigenvalue weighted by atomic mass is 9.74. The van der Waals surface area contributed by atoms with Gasteiger partial charge in [-0.1, -0.05) is 23.3 Å². The first-order valence-electron chi connectivity index (χ1n) is 9.63. The van der Waals surface area contributed by atoms with Crippen LogP contribution in [0.15, 0.2) is 34.6 Å². The van der Waals surface area contributed by atoms with E-state index in [0.717, 1.165) is 43.4 Å². The van der Waals surface area contributed by atoms with Gasteiger partial charge in [0, 0.05) is 25.0 Å². The molecule has 1 heterocycles. The van der Waals surface area contributed by atoms with E-state index in [1.807, 2.05) is 0 Å². The van der Waals surface area contributed by atoms with E-state index in [9.17, 15) is 4.79 Å². The molecule has 1 aliphatic heterocycles. The Hall–Kier alpha value is -1.35. The lowest BCUT2D eigenvalue weighted by Crippen LogP contribution is -2.44. The molecule has 0 aromatic rings. The molecule has 3 heteroatoms. The summed E-state index contributed by atoms with van der Waals surface area (Å²) >= 11 is 0. The van der Waals surface area contributed by atoms with Crippen LogP contribution in [0.1, 0.15) is 66.2 Å². The molecule has 4 atom stereocenters. The van der Waals surface area contributed by atoms with E-state index in [-0.39, 0.29) is 17.5 Å². The van der Waals surface area contributed by atoms with Crippen LogP contribution in [0.25, 0.3) is 0 Å². The molecule has 0 spiro atoms. The van der Waals surface area contributed by atoms with Gasteiger partial charge in [0.2, 0.25) is 0 Å². The zero-order chi connectivity index (χ0) is 18.2. The molecule has 0 N–H and O–H groups in total. The van der Waals surface area contributed by atoms with Crippen molar-refractivity contribution in [2.24, 2.45) is 11.8 Å². The fourth-order valence-corrected chi connectivity index (χ4v) is 4.83. The Morgan fingerprint density at radius 2 is 2.04 bits per heavy atom. The van der Waals surface area contributed by atoms with Crippen LogP contribution in [0.2, 0.25) is 0 Å². The van der Waals surface area contributed by atoms with Crippen LogP contribution in [0.5, 0.6) is 0 Å². The van der Waals surface area contributed by atoms with E-state index in [4.69, 9.17) is 9.47 Å². The Bertz CT molecular complexity index is 636. The van der Waals surface area contributed by atoms with E-state index < -0.39 is 0 Å². The van der Waals surface area contributed by atoms with Crippen molar-refractivity contribution in [2.45, 2.75) is 77.9 Å². The van der Waals surface area contributed by atoms with Gasteiger partial charge in [-0.05, 0) is 65.7 Å². The molecule has 0 radical (unpaired) electrons. The van der Waals surface area contributed by atoms with Crippen molar-refractivity contribution >= 4 is 5.78 Å². The maximum atomic E-state index is 12.5. The van der Waals surface area contributed by atoms with E-state index in [1.54, 1.807) is 7.11 Å². The minimum absolute atomic E-state index is 0.0427. The van der Waals surface area contributed by atoms with Crippen LogP contribution in [0.4, 0.5) is 0 Å². The minimum atomic E-state index is -0.163. The maximum absolute atomic E-state index is 12.5. The Balaban J connectivity index is 1.85. The number of hydrogen-bond donors (Lipinski definition) is 0. The molecule has 3 aliphatic rings. The zero-order valence-corrected chi connectivity index (χ0v) is 16.4. The molecule has 0 amide bonds. The molecule has 2 aliphatic carbocycles. The molecule has 1 saturated carbocycles. The van der Waals surface area contributed by atoms with Gasteiger partial charge in [-0.25, -0.2) is 0 Å². The highest BCUT2D eigenvalue weighted by atomic mass is 16.5. The smallest absolute Gasteiger partial charge is 0.162 e. The highest BCUT2D eigenvalue weighted by Crippen LogP contribution is 2.54. The molecule has 1 fully saturated rings. The quantitative estimate of drug-likeness (QED) is 0.664. The van der Waals surface area contributed by atoms with Gasteiger partial charge in [-0.2, -0.15) is 0 Å². The van der Waals surface area contributed by atoms with Crippen molar-refractivity contribution in [3.63, 3.8) is 0 Å². The van der Waals surface area contributed by atoms with Gasteiger partial charge in [0.1, 0.15) is 17.5 Å². The van der Waals surface area contributed by atoms with Gasteiger partial charge in [-0.3, -0.25) is 4.79 Å². The van der Waals surface area contributed by atoms with Crippen LogP contribution in [-0.4, -0.2) is 24.6 Å². The van der Waals surface area contributed by atoms with Crippen molar-refractivity contribution in [1.29, 1.82) is 0 Å². The van der Waals surface area contributed by atoms with Crippen molar-refractivity contribution in [3.8, 4) is 0 Å². The minimum Gasteiger partial charge on any atom is -0.488 e. The van der Waals surface area contributed by atoms with Crippen LogP contribution >= 0.6 is 0 Å².